The van der Waals surface area contributed by atoms with Crippen molar-refractivity contribution < 1.29 is 9.84 Å². The number of hydrogen-bond acceptors (Lipinski definition) is 4. The second kappa shape index (κ2) is 5.55. The number of benzene rings is 2. The minimum atomic E-state index is -0.618. The largest absolute Gasteiger partial charge is 0.496 e. The number of aliphatic hydroxyl groups is 1. The highest BCUT2D eigenvalue weighted by Crippen LogP contribution is 2.46. The molecule has 0 bridgehead atoms. The minimum absolute atomic E-state index is 0.193. The van der Waals surface area contributed by atoms with Crippen LogP contribution < -0.4 is 9.64 Å². The molecule has 4 rings (SSSR count). The van der Waals surface area contributed by atoms with E-state index in [9.17, 15) is 5.11 Å². The van der Waals surface area contributed by atoms with E-state index in [1.165, 1.54) is 0 Å². The molecule has 2 heterocycles. The fourth-order valence-corrected chi connectivity index (χ4v) is 3.94. The molecule has 2 aromatic carbocycles. The van der Waals surface area contributed by atoms with Crippen LogP contribution >= 0.6 is 0 Å². The van der Waals surface area contributed by atoms with Gasteiger partial charge >= 0.3 is 0 Å². The average Bonchev–Trinajstić information content (AvgIpc) is 2.69. The van der Waals surface area contributed by atoms with Gasteiger partial charge in [0.2, 0.25) is 0 Å². The molecule has 23 heavy (non-hydrogen) atoms. The first-order valence-electron chi connectivity index (χ1n) is 8.09. The molecule has 4 heteroatoms. The maximum absolute atomic E-state index is 11.0. The standard InChI is InChI=1S/C19H22N2O2/c1-20-10-11-21-15-8-4-3-6-13(15)19(22)14-7-5-9-17(23-2)18(14)16(21)12-20/h3-9,16,19,22H,10-12H2,1-2H3. The summed E-state index contributed by atoms with van der Waals surface area (Å²) in [5, 5.41) is 11.0. The van der Waals surface area contributed by atoms with Crippen molar-refractivity contribution in [1.29, 1.82) is 0 Å². The summed E-state index contributed by atoms with van der Waals surface area (Å²) in [7, 11) is 3.86. The lowest BCUT2D eigenvalue weighted by atomic mass is 9.93. The molecule has 2 aliphatic heterocycles. The zero-order valence-electron chi connectivity index (χ0n) is 13.6. The number of nitrogens with zero attached hydrogens (tertiary/aromatic N) is 2. The monoisotopic (exact) mass is 310 g/mol. The Hall–Kier alpha value is -2.04. The van der Waals surface area contributed by atoms with E-state index < -0.39 is 6.10 Å². The molecule has 2 unspecified atom stereocenters. The normalized spacial score (nSPS) is 23.5. The smallest absolute Gasteiger partial charge is 0.124 e. The van der Waals surface area contributed by atoms with E-state index >= 15 is 0 Å². The highest BCUT2D eigenvalue weighted by Gasteiger charge is 2.37. The van der Waals surface area contributed by atoms with Crippen LogP contribution in [0.3, 0.4) is 0 Å². The molecular formula is C19H22N2O2. The lowest BCUT2D eigenvalue weighted by Crippen LogP contribution is -2.47. The summed E-state index contributed by atoms with van der Waals surface area (Å²) in [4.78, 5) is 4.77. The van der Waals surface area contributed by atoms with Gasteiger partial charge in [0.1, 0.15) is 11.9 Å². The molecule has 0 aliphatic carbocycles. The zero-order valence-corrected chi connectivity index (χ0v) is 13.6. The molecule has 120 valence electrons. The van der Waals surface area contributed by atoms with Gasteiger partial charge in [0.05, 0.1) is 13.2 Å². The molecule has 1 fully saturated rings. The number of rotatable bonds is 1. The predicted molar refractivity (Wildman–Crippen MR) is 91.1 cm³/mol. The fourth-order valence-electron chi connectivity index (χ4n) is 3.94. The SMILES string of the molecule is COc1cccc2c1C1CN(C)CCN1c1ccccc1C2O. The maximum Gasteiger partial charge on any atom is 0.124 e. The van der Waals surface area contributed by atoms with Crippen LogP contribution in [-0.4, -0.2) is 43.8 Å². The van der Waals surface area contributed by atoms with Crippen LogP contribution in [0.4, 0.5) is 5.69 Å². The summed E-state index contributed by atoms with van der Waals surface area (Å²) in [6.07, 6.45) is -0.618. The molecule has 2 atom stereocenters. The van der Waals surface area contributed by atoms with Gasteiger partial charge in [-0.2, -0.15) is 0 Å². The Morgan fingerprint density at radius 1 is 1.04 bits per heavy atom. The van der Waals surface area contributed by atoms with Crippen molar-refractivity contribution in [3.63, 3.8) is 0 Å². The Balaban J connectivity index is 1.98. The molecule has 0 amide bonds. The van der Waals surface area contributed by atoms with Gasteiger partial charge < -0.3 is 19.6 Å². The molecule has 1 saturated heterocycles. The van der Waals surface area contributed by atoms with Gasteiger partial charge in [0, 0.05) is 36.4 Å². The van der Waals surface area contributed by atoms with Crippen molar-refractivity contribution in [1.82, 2.24) is 4.90 Å². The number of anilines is 1. The Labute approximate surface area is 136 Å². The van der Waals surface area contributed by atoms with Gasteiger partial charge in [-0.15, -0.1) is 0 Å². The van der Waals surface area contributed by atoms with Crippen molar-refractivity contribution in [3.05, 3.63) is 59.2 Å². The lowest BCUT2D eigenvalue weighted by molar-refractivity contribution is 0.219. The number of likely N-dealkylation sites (N-methyl/N-ethyl adjacent to an activating group) is 1. The number of ether oxygens (including phenoxy) is 1. The van der Waals surface area contributed by atoms with Crippen LogP contribution in [0.1, 0.15) is 28.8 Å². The second-order valence-electron chi connectivity index (χ2n) is 6.40. The van der Waals surface area contributed by atoms with Gasteiger partial charge in [0.15, 0.2) is 0 Å². The second-order valence-corrected chi connectivity index (χ2v) is 6.40. The number of methoxy groups -OCH3 is 1. The molecule has 4 nitrogen and oxygen atoms in total. The number of aliphatic hydroxyl groups excluding tert-OH is 1. The number of hydrogen-bond donors (Lipinski definition) is 1. The Kier molecular flexibility index (Phi) is 3.51. The van der Waals surface area contributed by atoms with E-state index in [1.54, 1.807) is 7.11 Å². The molecular weight excluding hydrogens is 288 g/mol. The molecule has 0 aromatic heterocycles. The van der Waals surface area contributed by atoms with Crippen molar-refractivity contribution in [2.24, 2.45) is 0 Å². The molecule has 2 aromatic rings. The Bertz CT molecular complexity index is 731. The molecule has 0 spiro atoms. The van der Waals surface area contributed by atoms with Gasteiger partial charge in [-0.3, -0.25) is 0 Å². The van der Waals surface area contributed by atoms with Crippen molar-refractivity contribution in [3.8, 4) is 5.75 Å². The van der Waals surface area contributed by atoms with Gasteiger partial charge in [-0.05, 0) is 24.7 Å². The van der Waals surface area contributed by atoms with E-state index in [1.807, 2.05) is 36.4 Å². The molecule has 2 aliphatic rings. The summed E-state index contributed by atoms with van der Waals surface area (Å²) in [5.74, 6) is 0.861. The number of para-hydroxylation sites is 1. The molecule has 0 radical (unpaired) electrons. The lowest BCUT2D eigenvalue weighted by Gasteiger charge is -2.42. The van der Waals surface area contributed by atoms with Crippen molar-refractivity contribution in [2.75, 3.05) is 38.7 Å². The van der Waals surface area contributed by atoms with Crippen LogP contribution in [0.2, 0.25) is 0 Å². The topological polar surface area (TPSA) is 35.9 Å². The van der Waals surface area contributed by atoms with Crippen LogP contribution in [0.15, 0.2) is 42.5 Å². The number of fused-ring (bicyclic) bond motifs is 5. The minimum Gasteiger partial charge on any atom is -0.496 e. The summed E-state index contributed by atoms with van der Waals surface area (Å²) in [6, 6.07) is 14.4. The first kappa shape index (κ1) is 14.5. The summed E-state index contributed by atoms with van der Waals surface area (Å²) < 4.78 is 5.64. The summed E-state index contributed by atoms with van der Waals surface area (Å²) in [5.41, 5.74) is 4.19. The first-order chi connectivity index (χ1) is 11.2. The van der Waals surface area contributed by atoms with Crippen LogP contribution in [-0.2, 0) is 0 Å². The van der Waals surface area contributed by atoms with Gasteiger partial charge in [0.25, 0.3) is 0 Å². The van der Waals surface area contributed by atoms with Crippen molar-refractivity contribution >= 4 is 5.69 Å². The van der Waals surface area contributed by atoms with E-state index in [0.717, 1.165) is 47.8 Å². The highest BCUT2D eigenvalue weighted by atomic mass is 16.5. The van der Waals surface area contributed by atoms with Gasteiger partial charge in [-0.25, -0.2) is 0 Å². The zero-order chi connectivity index (χ0) is 16.0. The highest BCUT2D eigenvalue weighted by molar-refractivity contribution is 5.64. The summed E-state index contributed by atoms with van der Waals surface area (Å²) in [6.45, 7) is 2.89. The molecule has 0 saturated carbocycles. The van der Waals surface area contributed by atoms with Crippen molar-refractivity contribution in [2.45, 2.75) is 12.1 Å². The Morgan fingerprint density at radius 3 is 2.65 bits per heavy atom. The quantitative estimate of drug-likeness (QED) is 0.878. The van der Waals surface area contributed by atoms with E-state index in [2.05, 4.69) is 22.9 Å². The molecule has 1 N–H and O–H groups in total. The average molecular weight is 310 g/mol. The summed E-state index contributed by atoms with van der Waals surface area (Å²) >= 11 is 0. The van der Waals surface area contributed by atoms with Crippen LogP contribution in [0.25, 0.3) is 0 Å². The fraction of sp³-hybridized carbons (Fsp3) is 0.368. The third kappa shape index (κ3) is 2.21. The van der Waals surface area contributed by atoms with E-state index in [0.29, 0.717) is 0 Å². The van der Waals surface area contributed by atoms with Crippen LogP contribution in [0, 0.1) is 0 Å². The van der Waals surface area contributed by atoms with E-state index in [-0.39, 0.29) is 6.04 Å². The van der Waals surface area contributed by atoms with Crippen LogP contribution in [0.5, 0.6) is 5.75 Å². The maximum atomic E-state index is 11.0. The van der Waals surface area contributed by atoms with E-state index in [4.69, 9.17) is 4.74 Å². The Morgan fingerprint density at radius 2 is 1.83 bits per heavy atom. The third-order valence-corrected chi connectivity index (χ3v) is 5.07. The first-order valence-corrected chi connectivity index (χ1v) is 8.09. The third-order valence-electron chi connectivity index (χ3n) is 5.07. The predicted octanol–water partition coefficient (Wildman–Crippen LogP) is 2.58. The van der Waals surface area contributed by atoms with Gasteiger partial charge in [-0.1, -0.05) is 30.3 Å². The number of piperazine rings is 1.